The fourth-order valence-corrected chi connectivity index (χ4v) is 3.31. The van der Waals surface area contributed by atoms with Crippen molar-refractivity contribution in [2.75, 3.05) is 6.61 Å². The molecule has 0 spiro atoms. The number of hydrogen-bond acceptors (Lipinski definition) is 1. The van der Waals surface area contributed by atoms with Crippen molar-refractivity contribution >= 4 is 0 Å². The van der Waals surface area contributed by atoms with Crippen LogP contribution in [0.2, 0.25) is 0 Å². The summed E-state index contributed by atoms with van der Waals surface area (Å²) in [5.41, 5.74) is 8.13. The highest BCUT2D eigenvalue weighted by atomic mass is 16.5. The largest absolute Gasteiger partial charge is 0.490 e. The Morgan fingerprint density at radius 1 is 0.826 bits per heavy atom. The number of ether oxygens (including phenoxy) is 1. The van der Waals surface area contributed by atoms with Crippen molar-refractivity contribution < 1.29 is 4.74 Å². The predicted molar refractivity (Wildman–Crippen MR) is 95.8 cm³/mol. The van der Waals surface area contributed by atoms with Gasteiger partial charge in [-0.15, -0.1) is 0 Å². The van der Waals surface area contributed by atoms with Crippen molar-refractivity contribution in [1.29, 1.82) is 0 Å². The molecule has 1 heteroatoms. The molecule has 112 valence electrons. The minimum absolute atomic E-state index is 0.537. The monoisotopic (exact) mass is 298 g/mol. The van der Waals surface area contributed by atoms with Gasteiger partial charge in [0.1, 0.15) is 12.4 Å². The van der Waals surface area contributed by atoms with Crippen molar-refractivity contribution in [3.05, 3.63) is 90.5 Å². The van der Waals surface area contributed by atoms with Crippen LogP contribution in [0.25, 0.3) is 22.3 Å². The average Bonchev–Trinajstić information content (AvgIpc) is 2.99. The molecule has 0 saturated carbocycles. The summed E-state index contributed by atoms with van der Waals surface area (Å²) in [6.07, 6.45) is 2.77. The Morgan fingerprint density at radius 2 is 1.57 bits per heavy atom. The van der Waals surface area contributed by atoms with Crippen molar-refractivity contribution in [2.24, 2.45) is 0 Å². The third-order valence-electron chi connectivity index (χ3n) is 4.38. The number of rotatable bonds is 4. The van der Waals surface area contributed by atoms with Crippen LogP contribution in [0.15, 0.2) is 79.4 Å². The predicted octanol–water partition coefficient (Wildman–Crippen LogP) is 5.49. The van der Waals surface area contributed by atoms with Crippen LogP contribution in [0.1, 0.15) is 11.1 Å². The van der Waals surface area contributed by atoms with E-state index in [1.807, 2.05) is 12.1 Å². The highest BCUT2D eigenvalue weighted by Crippen LogP contribution is 2.41. The van der Waals surface area contributed by atoms with E-state index in [4.69, 9.17) is 4.74 Å². The zero-order valence-corrected chi connectivity index (χ0v) is 13.0. The SMILES string of the molecule is C=CCOc1ccc(-c2cccc3c2Cc2ccccc2-3)cc1. The van der Waals surface area contributed by atoms with E-state index in [-0.39, 0.29) is 0 Å². The molecule has 3 aromatic rings. The van der Waals surface area contributed by atoms with Gasteiger partial charge in [-0.3, -0.25) is 0 Å². The number of hydrogen-bond donors (Lipinski definition) is 0. The third kappa shape index (κ3) is 2.44. The second-order valence-electron chi connectivity index (χ2n) is 5.79. The molecule has 0 fully saturated rings. The molecule has 0 saturated heterocycles. The smallest absolute Gasteiger partial charge is 0.119 e. The molecule has 3 aromatic carbocycles. The van der Waals surface area contributed by atoms with Gasteiger partial charge >= 0.3 is 0 Å². The first-order chi connectivity index (χ1) is 11.4. The maximum Gasteiger partial charge on any atom is 0.119 e. The first-order valence-corrected chi connectivity index (χ1v) is 7.91. The van der Waals surface area contributed by atoms with E-state index >= 15 is 0 Å². The van der Waals surface area contributed by atoms with E-state index in [9.17, 15) is 0 Å². The summed E-state index contributed by atoms with van der Waals surface area (Å²) in [5.74, 6) is 0.879. The van der Waals surface area contributed by atoms with Crippen molar-refractivity contribution in [3.8, 4) is 28.0 Å². The minimum atomic E-state index is 0.537. The summed E-state index contributed by atoms with van der Waals surface area (Å²) in [4.78, 5) is 0. The third-order valence-corrected chi connectivity index (χ3v) is 4.38. The topological polar surface area (TPSA) is 9.23 Å². The molecule has 1 aliphatic carbocycles. The standard InChI is InChI=1S/C22H18O/c1-2-14-23-18-12-10-16(11-13-18)19-8-5-9-21-20-7-4-3-6-17(20)15-22(19)21/h2-13H,1,14-15H2. The zero-order valence-electron chi connectivity index (χ0n) is 13.0. The highest BCUT2D eigenvalue weighted by Gasteiger charge is 2.20. The zero-order chi connectivity index (χ0) is 15.6. The van der Waals surface area contributed by atoms with Crippen LogP contribution in [0.5, 0.6) is 5.75 Å². The summed E-state index contributed by atoms with van der Waals surface area (Å²) < 4.78 is 5.57. The second kappa shape index (κ2) is 5.77. The normalized spacial score (nSPS) is 11.7. The van der Waals surface area contributed by atoms with Gasteiger partial charge in [0.2, 0.25) is 0 Å². The van der Waals surface area contributed by atoms with Crippen molar-refractivity contribution in [3.63, 3.8) is 0 Å². The van der Waals surface area contributed by atoms with Crippen LogP contribution < -0.4 is 4.74 Å². The molecular formula is C22H18O. The van der Waals surface area contributed by atoms with Crippen LogP contribution in [-0.2, 0) is 6.42 Å². The highest BCUT2D eigenvalue weighted by molar-refractivity contribution is 5.84. The van der Waals surface area contributed by atoms with E-state index in [2.05, 4.69) is 61.2 Å². The van der Waals surface area contributed by atoms with Gasteiger partial charge in [-0.05, 0) is 51.9 Å². The maximum atomic E-state index is 5.57. The number of benzene rings is 3. The average molecular weight is 298 g/mol. The van der Waals surface area contributed by atoms with Crippen LogP contribution in [-0.4, -0.2) is 6.61 Å². The molecule has 0 radical (unpaired) electrons. The van der Waals surface area contributed by atoms with Gasteiger partial charge in [0, 0.05) is 0 Å². The summed E-state index contributed by atoms with van der Waals surface area (Å²) in [7, 11) is 0. The Balaban J connectivity index is 1.73. The van der Waals surface area contributed by atoms with E-state index in [0.29, 0.717) is 6.61 Å². The Hall–Kier alpha value is -2.80. The molecule has 0 heterocycles. The lowest BCUT2D eigenvalue weighted by atomic mass is 9.96. The van der Waals surface area contributed by atoms with Crippen LogP contribution >= 0.6 is 0 Å². The van der Waals surface area contributed by atoms with Crippen LogP contribution in [0, 0.1) is 0 Å². The quantitative estimate of drug-likeness (QED) is 0.453. The van der Waals surface area contributed by atoms with Gasteiger partial charge < -0.3 is 4.74 Å². The maximum absolute atomic E-state index is 5.57. The molecule has 0 N–H and O–H groups in total. The van der Waals surface area contributed by atoms with E-state index in [0.717, 1.165) is 12.2 Å². The Labute approximate surface area is 136 Å². The van der Waals surface area contributed by atoms with E-state index in [1.54, 1.807) is 6.08 Å². The lowest BCUT2D eigenvalue weighted by molar-refractivity contribution is 0.363. The lowest BCUT2D eigenvalue weighted by Crippen LogP contribution is -1.93. The van der Waals surface area contributed by atoms with Gasteiger partial charge in [0.25, 0.3) is 0 Å². The fraction of sp³-hybridized carbons (Fsp3) is 0.0909. The molecule has 0 aromatic heterocycles. The van der Waals surface area contributed by atoms with Gasteiger partial charge in [-0.25, -0.2) is 0 Å². The fourth-order valence-electron chi connectivity index (χ4n) is 3.31. The van der Waals surface area contributed by atoms with Gasteiger partial charge in [0.05, 0.1) is 0 Å². The van der Waals surface area contributed by atoms with Crippen LogP contribution in [0.3, 0.4) is 0 Å². The first kappa shape index (κ1) is 13.8. The Kier molecular flexibility index (Phi) is 3.47. The van der Waals surface area contributed by atoms with Gasteiger partial charge in [-0.2, -0.15) is 0 Å². The summed E-state index contributed by atoms with van der Waals surface area (Å²) in [5, 5.41) is 0. The molecule has 1 aliphatic rings. The molecule has 0 aliphatic heterocycles. The molecule has 0 unspecified atom stereocenters. The lowest BCUT2D eigenvalue weighted by Gasteiger charge is -2.10. The molecule has 0 amide bonds. The van der Waals surface area contributed by atoms with Crippen molar-refractivity contribution in [2.45, 2.75) is 6.42 Å². The molecule has 23 heavy (non-hydrogen) atoms. The molecule has 0 bridgehead atoms. The molecule has 1 nitrogen and oxygen atoms in total. The molecular weight excluding hydrogens is 280 g/mol. The first-order valence-electron chi connectivity index (χ1n) is 7.91. The van der Waals surface area contributed by atoms with Gasteiger partial charge in [0.15, 0.2) is 0 Å². The second-order valence-corrected chi connectivity index (χ2v) is 5.79. The van der Waals surface area contributed by atoms with E-state index in [1.165, 1.54) is 33.4 Å². The Bertz CT molecular complexity index is 859. The summed E-state index contributed by atoms with van der Waals surface area (Å²) >= 11 is 0. The van der Waals surface area contributed by atoms with Crippen LogP contribution in [0.4, 0.5) is 0 Å². The minimum Gasteiger partial charge on any atom is -0.490 e. The summed E-state index contributed by atoms with van der Waals surface area (Å²) in [6, 6.07) is 23.6. The summed E-state index contributed by atoms with van der Waals surface area (Å²) in [6.45, 7) is 4.21. The Morgan fingerprint density at radius 3 is 2.39 bits per heavy atom. The number of fused-ring (bicyclic) bond motifs is 3. The van der Waals surface area contributed by atoms with E-state index < -0.39 is 0 Å². The molecule has 4 rings (SSSR count). The molecule has 0 atom stereocenters. The van der Waals surface area contributed by atoms with Gasteiger partial charge in [-0.1, -0.05) is 67.3 Å². The van der Waals surface area contributed by atoms with Crippen molar-refractivity contribution in [1.82, 2.24) is 0 Å².